The summed E-state index contributed by atoms with van der Waals surface area (Å²) in [6, 6.07) is 0. The molecule has 0 spiro atoms. The Morgan fingerprint density at radius 3 is 2.40 bits per heavy atom. The number of hydrogen-bond acceptors (Lipinski definition) is 3. The highest BCUT2D eigenvalue weighted by atomic mass is 16.3. The molecule has 0 bridgehead atoms. The Labute approximate surface area is 184 Å². The Bertz CT molecular complexity index is 591. The third kappa shape index (κ3) is 3.81. The number of carbonyl (C=O) groups excluding carboxylic acids is 1. The van der Waals surface area contributed by atoms with Crippen molar-refractivity contribution in [3.8, 4) is 0 Å². The van der Waals surface area contributed by atoms with Crippen LogP contribution in [0.15, 0.2) is 0 Å². The Morgan fingerprint density at radius 1 is 0.867 bits per heavy atom. The van der Waals surface area contributed by atoms with Gasteiger partial charge in [-0.15, -0.1) is 0 Å². The van der Waals surface area contributed by atoms with Crippen LogP contribution in [0.4, 0.5) is 0 Å². The molecule has 0 heterocycles. The van der Waals surface area contributed by atoms with Crippen molar-refractivity contribution in [2.24, 2.45) is 52.3 Å². The molecule has 0 radical (unpaired) electrons. The maximum absolute atomic E-state index is 11.0. The molecule has 3 heteroatoms. The van der Waals surface area contributed by atoms with E-state index in [0.717, 1.165) is 49.2 Å². The van der Waals surface area contributed by atoms with Gasteiger partial charge in [0.2, 0.25) is 0 Å². The third-order valence-electron chi connectivity index (χ3n) is 11.0. The molecule has 0 aromatic rings. The molecule has 0 amide bonds. The van der Waals surface area contributed by atoms with Crippen molar-refractivity contribution < 1.29 is 15.0 Å². The van der Waals surface area contributed by atoms with E-state index in [1.807, 2.05) is 0 Å². The molecule has 30 heavy (non-hydrogen) atoms. The fraction of sp³-hybridized carbons (Fsp3) is 0.963. The van der Waals surface area contributed by atoms with Gasteiger partial charge in [-0.2, -0.15) is 0 Å². The van der Waals surface area contributed by atoms with E-state index in [4.69, 9.17) is 0 Å². The molecule has 0 saturated heterocycles. The number of aliphatic hydroxyl groups excluding tert-OH is 2. The van der Waals surface area contributed by atoms with Gasteiger partial charge in [0.25, 0.3) is 0 Å². The fourth-order valence-corrected chi connectivity index (χ4v) is 9.37. The highest BCUT2D eigenvalue weighted by Crippen LogP contribution is 2.68. The summed E-state index contributed by atoms with van der Waals surface area (Å²) in [5.74, 6) is 4.48. The van der Waals surface area contributed by atoms with Crippen LogP contribution in [-0.2, 0) is 4.79 Å². The second-order valence-electron chi connectivity index (χ2n) is 12.1. The molecule has 4 aliphatic rings. The number of rotatable bonds is 8. The first-order valence-corrected chi connectivity index (χ1v) is 13.1. The van der Waals surface area contributed by atoms with Crippen LogP contribution in [0.25, 0.3) is 0 Å². The Morgan fingerprint density at radius 2 is 1.67 bits per heavy atom. The zero-order valence-electron chi connectivity index (χ0n) is 19.5. The summed E-state index contributed by atoms with van der Waals surface area (Å²) in [5.41, 5.74) is 0.999. The molecular weight excluding hydrogens is 372 g/mol. The van der Waals surface area contributed by atoms with Crippen LogP contribution in [0.2, 0.25) is 0 Å². The molecule has 172 valence electrons. The van der Waals surface area contributed by atoms with Crippen molar-refractivity contribution in [1.82, 2.24) is 0 Å². The van der Waals surface area contributed by atoms with Gasteiger partial charge in [0.15, 0.2) is 0 Å². The summed E-state index contributed by atoms with van der Waals surface area (Å²) in [7, 11) is 0. The van der Waals surface area contributed by atoms with Crippen LogP contribution >= 0.6 is 0 Å². The molecule has 4 saturated carbocycles. The molecule has 9 atom stereocenters. The standard InChI is InChI=1S/C27H46O3/c1-26-14-4-3-8-21(26)9-10-22-24-12-11-23(27(24,2)15-13-25(22)26)20(18-30)7-5-6-19(16-28)17-29/h16,19-25,29-30H,3-15,17-18H2,1-2H3/t19?,20-,21?,22-,23+,24-,25-,26-,27+/m0/s1. The maximum atomic E-state index is 11.0. The molecule has 0 aromatic heterocycles. The summed E-state index contributed by atoms with van der Waals surface area (Å²) >= 11 is 0. The molecule has 4 aliphatic carbocycles. The average Bonchev–Trinajstić information content (AvgIpc) is 3.11. The molecule has 2 unspecified atom stereocenters. The van der Waals surface area contributed by atoms with E-state index in [9.17, 15) is 15.0 Å². The van der Waals surface area contributed by atoms with E-state index in [1.165, 1.54) is 64.2 Å². The Balaban J connectivity index is 1.44. The molecular formula is C27H46O3. The predicted octanol–water partition coefficient (Wildman–Crippen LogP) is 5.62. The lowest BCUT2D eigenvalue weighted by Gasteiger charge is -2.61. The molecule has 4 rings (SSSR count). The van der Waals surface area contributed by atoms with E-state index < -0.39 is 0 Å². The van der Waals surface area contributed by atoms with Gasteiger partial charge in [-0.25, -0.2) is 0 Å². The van der Waals surface area contributed by atoms with Gasteiger partial charge in [0.05, 0.1) is 6.61 Å². The monoisotopic (exact) mass is 418 g/mol. The molecule has 0 aliphatic heterocycles. The van der Waals surface area contributed by atoms with E-state index >= 15 is 0 Å². The molecule has 4 fully saturated rings. The van der Waals surface area contributed by atoms with Crippen molar-refractivity contribution in [2.75, 3.05) is 13.2 Å². The second-order valence-corrected chi connectivity index (χ2v) is 12.1. The van der Waals surface area contributed by atoms with Crippen LogP contribution < -0.4 is 0 Å². The Kier molecular flexibility index (Phi) is 7.00. The van der Waals surface area contributed by atoms with E-state index in [2.05, 4.69) is 13.8 Å². The van der Waals surface area contributed by atoms with Crippen molar-refractivity contribution in [3.05, 3.63) is 0 Å². The van der Waals surface area contributed by atoms with Crippen LogP contribution in [-0.4, -0.2) is 29.7 Å². The average molecular weight is 419 g/mol. The van der Waals surface area contributed by atoms with E-state index in [1.54, 1.807) is 0 Å². The van der Waals surface area contributed by atoms with Crippen molar-refractivity contribution in [3.63, 3.8) is 0 Å². The van der Waals surface area contributed by atoms with Gasteiger partial charge in [0, 0.05) is 12.5 Å². The topological polar surface area (TPSA) is 57.5 Å². The summed E-state index contributed by atoms with van der Waals surface area (Å²) in [5, 5.41) is 19.6. The first kappa shape index (κ1) is 22.8. The van der Waals surface area contributed by atoms with Gasteiger partial charge < -0.3 is 15.0 Å². The van der Waals surface area contributed by atoms with Crippen molar-refractivity contribution >= 4 is 6.29 Å². The smallest absolute Gasteiger partial charge is 0.125 e. The SMILES string of the molecule is C[C@]12CC[C@H]3[C@@H](CCC4CCCC[C@@]43C)[C@@H]1CC[C@@H]2[C@H](CO)CCCC(C=O)CO. The number of carbonyl (C=O) groups is 1. The summed E-state index contributed by atoms with van der Waals surface area (Å²) in [6.45, 7) is 5.47. The van der Waals surface area contributed by atoms with Gasteiger partial charge in [-0.05, 0) is 111 Å². The minimum atomic E-state index is -0.224. The minimum absolute atomic E-state index is 0.0423. The number of aliphatic hydroxyl groups is 2. The zero-order valence-corrected chi connectivity index (χ0v) is 19.5. The normalized spacial score (nSPS) is 45.1. The van der Waals surface area contributed by atoms with E-state index in [-0.39, 0.29) is 19.1 Å². The number of hydrogen-bond donors (Lipinski definition) is 2. The summed E-state index contributed by atoms with van der Waals surface area (Å²) < 4.78 is 0. The van der Waals surface area contributed by atoms with Gasteiger partial charge in [-0.1, -0.05) is 33.1 Å². The highest BCUT2D eigenvalue weighted by molar-refractivity contribution is 5.53. The molecule has 2 N–H and O–H groups in total. The third-order valence-corrected chi connectivity index (χ3v) is 11.0. The second kappa shape index (κ2) is 9.22. The molecule has 0 aromatic carbocycles. The first-order valence-electron chi connectivity index (χ1n) is 13.1. The van der Waals surface area contributed by atoms with Gasteiger partial charge in [0.1, 0.15) is 6.29 Å². The predicted molar refractivity (Wildman–Crippen MR) is 121 cm³/mol. The van der Waals surface area contributed by atoms with Crippen molar-refractivity contribution in [1.29, 1.82) is 0 Å². The largest absolute Gasteiger partial charge is 0.396 e. The lowest BCUT2D eigenvalue weighted by molar-refractivity contribution is -0.116. The maximum Gasteiger partial charge on any atom is 0.125 e. The molecule has 3 nitrogen and oxygen atoms in total. The summed E-state index contributed by atoms with van der Waals surface area (Å²) in [4.78, 5) is 11.0. The van der Waals surface area contributed by atoms with E-state index in [0.29, 0.717) is 22.7 Å². The van der Waals surface area contributed by atoms with Gasteiger partial charge in [-0.3, -0.25) is 0 Å². The zero-order chi connectivity index (χ0) is 21.4. The van der Waals surface area contributed by atoms with Crippen molar-refractivity contribution in [2.45, 2.75) is 97.3 Å². The quantitative estimate of drug-likeness (QED) is 0.503. The van der Waals surface area contributed by atoms with Crippen LogP contribution in [0, 0.1) is 52.3 Å². The number of fused-ring (bicyclic) bond motifs is 5. The highest BCUT2D eigenvalue weighted by Gasteiger charge is 2.60. The lowest BCUT2D eigenvalue weighted by atomic mass is 9.44. The van der Waals surface area contributed by atoms with Crippen LogP contribution in [0.1, 0.15) is 97.3 Å². The number of aldehydes is 1. The van der Waals surface area contributed by atoms with Crippen LogP contribution in [0.5, 0.6) is 0 Å². The van der Waals surface area contributed by atoms with Gasteiger partial charge >= 0.3 is 0 Å². The summed E-state index contributed by atoms with van der Waals surface area (Å²) in [6.07, 6.45) is 17.8. The Hall–Kier alpha value is -0.410. The van der Waals surface area contributed by atoms with Crippen LogP contribution in [0.3, 0.4) is 0 Å². The first-order chi connectivity index (χ1) is 14.5. The fourth-order valence-electron chi connectivity index (χ4n) is 9.37. The minimum Gasteiger partial charge on any atom is -0.396 e. The lowest BCUT2D eigenvalue weighted by Crippen LogP contribution is -2.53.